The summed E-state index contributed by atoms with van der Waals surface area (Å²) in [6, 6.07) is 3.91. The second kappa shape index (κ2) is 6.95. The summed E-state index contributed by atoms with van der Waals surface area (Å²) in [6.45, 7) is 3.45. The number of carbonyl (C=O) groups is 1. The molecular formula is C18H21N3O3. The first-order valence-corrected chi connectivity index (χ1v) is 8.20. The average Bonchev–Trinajstić information content (AvgIpc) is 3.00. The predicted molar refractivity (Wildman–Crippen MR) is 88.7 cm³/mol. The number of carbonyl (C=O) groups excluding carboxylic acids is 1. The van der Waals surface area contributed by atoms with Crippen LogP contribution in [0.4, 0.5) is 0 Å². The number of aromatic nitrogens is 3. The molecule has 0 radical (unpaired) electrons. The van der Waals surface area contributed by atoms with E-state index in [-0.39, 0.29) is 30.0 Å². The van der Waals surface area contributed by atoms with Gasteiger partial charge in [-0.25, -0.2) is 4.98 Å². The van der Waals surface area contributed by atoms with E-state index in [2.05, 4.69) is 15.0 Å². The van der Waals surface area contributed by atoms with Gasteiger partial charge in [0.2, 0.25) is 0 Å². The number of pyridine rings is 1. The minimum absolute atomic E-state index is 0.0509. The van der Waals surface area contributed by atoms with Crippen LogP contribution in [-0.2, 0) is 16.0 Å². The zero-order chi connectivity index (χ0) is 17.1. The van der Waals surface area contributed by atoms with Crippen molar-refractivity contribution in [3.63, 3.8) is 0 Å². The fourth-order valence-corrected chi connectivity index (χ4v) is 3.36. The zero-order valence-electron chi connectivity index (χ0n) is 13.9. The molecule has 0 saturated heterocycles. The van der Waals surface area contributed by atoms with Gasteiger partial charge in [-0.3, -0.25) is 14.6 Å². The largest absolute Gasteiger partial charge is 0.461 e. The van der Waals surface area contributed by atoms with E-state index >= 15 is 0 Å². The molecule has 2 unspecified atom stereocenters. The minimum atomic E-state index is -0.380. The van der Waals surface area contributed by atoms with Gasteiger partial charge in [-0.2, -0.15) is 0 Å². The van der Waals surface area contributed by atoms with Gasteiger partial charge in [0.25, 0.3) is 5.56 Å². The quantitative estimate of drug-likeness (QED) is 0.870. The van der Waals surface area contributed by atoms with E-state index in [1.54, 1.807) is 20.0 Å². The van der Waals surface area contributed by atoms with Crippen molar-refractivity contribution in [2.45, 2.75) is 51.6 Å². The highest BCUT2D eigenvalue weighted by molar-refractivity contribution is 5.73. The van der Waals surface area contributed by atoms with Crippen molar-refractivity contribution in [2.75, 3.05) is 0 Å². The molecule has 24 heavy (non-hydrogen) atoms. The van der Waals surface area contributed by atoms with Gasteiger partial charge in [0.05, 0.1) is 6.42 Å². The van der Waals surface area contributed by atoms with Gasteiger partial charge >= 0.3 is 5.97 Å². The zero-order valence-corrected chi connectivity index (χ0v) is 13.9. The fraction of sp³-hybridized carbons (Fsp3) is 0.444. The smallest absolute Gasteiger partial charge is 0.310 e. The van der Waals surface area contributed by atoms with E-state index < -0.39 is 0 Å². The Morgan fingerprint density at radius 2 is 2.21 bits per heavy atom. The second-order valence-electron chi connectivity index (χ2n) is 6.24. The van der Waals surface area contributed by atoms with Crippen molar-refractivity contribution in [3.05, 3.63) is 57.5 Å². The molecule has 0 aromatic carbocycles. The van der Waals surface area contributed by atoms with Crippen molar-refractivity contribution >= 4 is 5.97 Å². The maximum atomic E-state index is 12.3. The van der Waals surface area contributed by atoms with Crippen molar-refractivity contribution in [1.82, 2.24) is 15.0 Å². The molecular weight excluding hydrogens is 306 g/mol. The maximum Gasteiger partial charge on any atom is 0.310 e. The van der Waals surface area contributed by atoms with Crippen molar-refractivity contribution in [2.24, 2.45) is 0 Å². The molecule has 1 aliphatic carbocycles. The molecule has 6 nitrogen and oxygen atoms in total. The monoisotopic (exact) mass is 327 g/mol. The Morgan fingerprint density at radius 1 is 1.38 bits per heavy atom. The Hall–Kier alpha value is -2.50. The lowest BCUT2D eigenvalue weighted by molar-refractivity contribution is -0.148. The molecule has 3 rings (SSSR count). The third-order valence-electron chi connectivity index (χ3n) is 4.51. The Kier molecular flexibility index (Phi) is 4.74. The number of aryl methyl sites for hydroxylation is 2. The molecule has 1 fully saturated rings. The van der Waals surface area contributed by atoms with Gasteiger partial charge in [0.1, 0.15) is 11.9 Å². The summed E-state index contributed by atoms with van der Waals surface area (Å²) < 4.78 is 5.68. The summed E-state index contributed by atoms with van der Waals surface area (Å²) in [5.41, 5.74) is 1.77. The molecule has 126 valence electrons. The molecule has 1 aliphatic rings. The van der Waals surface area contributed by atoms with Crippen LogP contribution < -0.4 is 5.56 Å². The predicted octanol–water partition coefficient (Wildman–Crippen LogP) is 2.20. The summed E-state index contributed by atoms with van der Waals surface area (Å²) in [7, 11) is 0. The SMILES string of the molecule is Cc1nc(C)c(CC(=O)OC2CCCC2c2cccnc2)c(=O)[nH]1. The summed E-state index contributed by atoms with van der Waals surface area (Å²) in [4.78, 5) is 35.3. The molecule has 2 atom stereocenters. The molecule has 1 N–H and O–H groups in total. The van der Waals surface area contributed by atoms with Crippen LogP contribution >= 0.6 is 0 Å². The van der Waals surface area contributed by atoms with Gasteiger partial charge in [-0.1, -0.05) is 6.07 Å². The topological polar surface area (TPSA) is 84.9 Å². The van der Waals surface area contributed by atoms with Crippen molar-refractivity contribution in [1.29, 1.82) is 0 Å². The van der Waals surface area contributed by atoms with Crippen LogP contribution in [-0.4, -0.2) is 27.0 Å². The molecule has 2 aromatic rings. The normalized spacial score (nSPS) is 20.1. The first kappa shape index (κ1) is 16.4. The number of aromatic amines is 1. The van der Waals surface area contributed by atoms with E-state index in [4.69, 9.17) is 4.74 Å². The summed E-state index contributed by atoms with van der Waals surface area (Å²) in [5.74, 6) is 0.343. The Balaban J connectivity index is 1.70. The molecule has 2 aromatic heterocycles. The Bertz CT molecular complexity index is 786. The molecule has 0 amide bonds. The van der Waals surface area contributed by atoms with Gasteiger partial charge in [0, 0.05) is 29.6 Å². The highest BCUT2D eigenvalue weighted by atomic mass is 16.5. The van der Waals surface area contributed by atoms with E-state index in [0.29, 0.717) is 17.1 Å². The molecule has 0 spiro atoms. The van der Waals surface area contributed by atoms with E-state index in [0.717, 1.165) is 24.8 Å². The minimum Gasteiger partial charge on any atom is -0.461 e. The lowest BCUT2D eigenvalue weighted by atomic mass is 9.97. The van der Waals surface area contributed by atoms with Crippen LogP contribution in [0.5, 0.6) is 0 Å². The highest BCUT2D eigenvalue weighted by Crippen LogP contribution is 2.36. The van der Waals surface area contributed by atoms with Gasteiger partial charge < -0.3 is 9.72 Å². The third kappa shape index (κ3) is 3.53. The summed E-state index contributed by atoms with van der Waals surface area (Å²) in [5, 5.41) is 0. The van der Waals surface area contributed by atoms with Crippen molar-refractivity contribution in [3.8, 4) is 0 Å². The first-order chi connectivity index (χ1) is 11.5. The van der Waals surface area contributed by atoms with Gasteiger partial charge in [-0.15, -0.1) is 0 Å². The molecule has 0 bridgehead atoms. The number of hydrogen-bond donors (Lipinski definition) is 1. The summed E-state index contributed by atoms with van der Waals surface area (Å²) >= 11 is 0. The standard InChI is InChI=1S/C18H21N3O3/c1-11-15(18(23)21-12(2)20-11)9-17(22)24-16-7-3-6-14(16)13-5-4-8-19-10-13/h4-5,8,10,14,16H,3,6-7,9H2,1-2H3,(H,20,21,23). The van der Waals surface area contributed by atoms with E-state index in [9.17, 15) is 9.59 Å². The number of hydrogen-bond acceptors (Lipinski definition) is 5. The number of esters is 1. The second-order valence-corrected chi connectivity index (χ2v) is 6.24. The van der Waals surface area contributed by atoms with Crippen LogP contribution in [0.15, 0.2) is 29.3 Å². The number of H-pyrrole nitrogens is 1. The van der Waals surface area contributed by atoms with E-state index in [1.807, 2.05) is 18.3 Å². The first-order valence-electron chi connectivity index (χ1n) is 8.20. The third-order valence-corrected chi connectivity index (χ3v) is 4.51. The lowest BCUT2D eigenvalue weighted by Crippen LogP contribution is -2.26. The van der Waals surface area contributed by atoms with Crippen LogP contribution in [0.3, 0.4) is 0 Å². The van der Waals surface area contributed by atoms with Gasteiger partial charge in [0.15, 0.2) is 0 Å². The molecule has 6 heteroatoms. The number of nitrogens with one attached hydrogen (secondary N) is 1. The number of nitrogens with zero attached hydrogens (tertiary/aromatic N) is 2. The lowest BCUT2D eigenvalue weighted by Gasteiger charge is -2.20. The maximum absolute atomic E-state index is 12.3. The Morgan fingerprint density at radius 3 is 2.92 bits per heavy atom. The Labute approximate surface area is 140 Å². The van der Waals surface area contributed by atoms with E-state index in [1.165, 1.54) is 0 Å². The van der Waals surface area contributed by atoms with Crippen LogP contribution in [0, 0.1) is 13.8 Å². The van der Waals surface area contributed by atoms with Crippen LogP contribution in [0.1, 0.15) is 47.8 Å². The van der Waals surface area contributed by atoms with Crippen molar-refractivity contribution < 1.29 is 9.53 Å². The number of ether oxygens (including phenoxy) is 1. The highest BCUT2D eigenvalue weighted by Gasteiger charge is 2.32. The average molecular weight is 327 g/mol. The fourth-order valence-electron chi connectivity index (χ4n) is 3.36. The molecule has 1 saturated carbocycles. The van der Waals surface area contributed by atoms with Crippen LogP contribution in [0.2, 0.25) is 0 Å². The number of rotatable bonds is 4. The summed E-state index contributed by atoms with van der Waals surface area (Å²) in [6.07, 6.45) is 6.20. The molecule has 2 heterocycles. The van der Waals surface area contributed by atoms with Gasteiger partial charge in [-0.05, 0) is 44.7 Å². The van der Waals surface area contributed by atoms with Crippen LogP contribution in [0.25, 0.3) is 0 Å². The molecule has 0 aliphatic heterocycles.